The molecule has 26 heavy (non-hydrogen) atoms. The summed E-state index contributed by atoms with van der Waals surface area (Å²) >= 11 is 0. The zero-order valence-corrected chi connectivity index (χ0v) is 14.8. The number of hydroxylamine groups is 2. The van der Waals surface area contributed by atoms with E-state index in [0.717, 1.165) is 27.6 Å². The van der Waals surface area contributed by atoms with Gasteiger partial charge in [0.05, 0.1) is 17.1 Å². The second kappa shape index (κ2) is 7.91. The number of amides is 1. The molecule has 1 amide bonds. The van der Waals surface area contributed by atoms with Crippen molar-refractivity contribution in [3.63, 3.8) is 0 Å². The Hall–Kier alpha value is -3.02. The summed E-state index contributed by atoms with van der Waals surface area (Å²) in [5, 5.41) is 1.02. The van der Waals surface area contributed by atoms with Crippen molar-refractivity contribution in [2.75, 3.05) is 0 Å². The molecule has 0 spiro atoms. The van der Waals surface area contributed by atoms with E-state index in [1.54, 1.807) is 12.4 Å². The van der Waals surface area contributed by atoms with Gasteiger partial charge in [0.1, 0.15) is 0 Å². The Bertz CT molecular complexity index is 832. The Kier molecular flexibility index (Phi) is 5.41. The van der Waals surface area contributed by atoms with E-state index in [2.05, 4.69) is 16.5 Å². The minimum absolute atomic E-state index is 0.215. The Morgan fingerprint density at radius 1 is 1.19 bits per heavy atom. The van der Waals surface area contributed by atoms with Crippen LogP contribution in [0.4, 0.5) is 0 Å². The van der Waals surface area contributed by atoms with Gasteiger partial charge in [-0.15, -0.1) is 5.06 Å². The molecule has 0 radical (unpaired) electrons. The Labute approximate surface area is 152 Å². The van der Waals surface area contributed by atoms with E-state index in [4.69, 9.17) is 4.84 Å². The van der Waals surface area contributed by atoms with Crippen molar-refractivity contribution >= 4 is 11.9 Å². The molecule has 2 aromatic rings. The molecule has 0 bridgehead atoms. The maximum absolute atomic E-state index is 11.9. The Balaban J connectivity index is 1.54. The molecule has 2 aromatic heterocycles. The smallest absolute Gasteiger partial charge is 0.333 e. The van der Waals surface area contributed by atoms with Crippen molar-refractivity contribution < 1.29 is 14.4 Å². The number of hydrogen-bond acceptors (Lipinski definition) is 5. The average molecular weight is 351 g/mol. The van der Waals surface area contributed by atoms with E-state index in [1.807, 2.05) is 31.2 Å². The first-order valence-corrected chi connectivity index (χ1v) is 8.62. The molecule has 1 aliphatic rings. The van der Waals surface area contributed by atoms with Gasteiger partial charge in [0.15, 0.2) is 0 Å². The highest BCUT2D eigenvalue weighted by molar-refractivity contribution is 5.82. The van der Waals surface area contributed by atoms with Gasteiger partial charge in [-0.05, 0) is 61.6 Å². The van der Waals surface area contributed by atoms with Gasteiger partial charge in [0.25, 0.3) is 5.91 Å². The van der Waals surface area contributed by atoms with Crippen LogP contribution < -0.4 is 0 Å². The van der Waals surface area contributed by atoms with Gasteiger partial charge in [-0.2, -0.15) is 0 Å². The zero-order valence-electron chi connectivity index (χ0n) is 14.8. The molecule has 0 aliphatic carbocycles. The molecule has 1 aliphatic heterocycles. The Morgan fingerprint density at radius 2 is 1.92 bits per heavy atom. The van der Waals surface area contributed by atoms with E-state index in [9.17, 15) is 9.59 Å². The lowest BCUT2D eigenvalue weighted by Gasteiger charge is -2.15. The highest BCUT2D eigenvalue weighted by Gasteiger charge is 2.27. The molecule has 0 N–H and O–H groups in total. The van der Waals surface area contributed by atoms with Crippen molar-refractivity contribution in [3.8, 4) is 11.4 Å². The third-order valence-electron chi connectivity index (χ3n) is 4.18. The van der Waals surface area contributed by atoms with Crippen LogP contribution in [0.5, 0.6) is 0 Å². The van der Waals surface area contributed by atoms with E-state index < -0.39 is 5.97 Å². The molecule has 0 aromatic carbocycles. The summed E-state index contributed by atoms with van der Waals surface area (Å²) in [6, 6.07) is 7.84. The van der Waals surface area contributed by atoms with Gasteiger partial charge in [-0.3, -0.25) is 14.8 Å². The number of nitrogens with zero attached hydrogens (tertiary/aromatic N) is 3. The van der Waals surface area contributed by atoms with Gasteiger partial charge in [0, 0.05) is 25.2 Å². The first-order valence-electron chi connectivity index (χ1n) is 8.62. The monoisotopic (exact) mass is 351 g/mol. The first kappa shape index (κ1) is 17.8. The van der Waals surface area contributed by atoms with E-state index in [-0.39, 0.29) is 12.3 Å². The molecule has 6 nitrogen and oxygen atoms in total. The maximum atomic E-state index is 11.9. The normalized spacial score (nSPS) is 14.0. The van der Waals surface area contributed by atoms with Crippen molar-refractivity contribution in [2.45, 2.75) is 39.0 Å². The largest absolute Gasteiger partial charge is 0.334 e. The maximum Gasteiger partial charge on any atom is 0.333 e. The summed E-state index contributed by atoms with van der Waals surface area (Å²) in [7, 11) is 0. The number of aromatic nitrogens is 2. The SMILES string of the molecule is C=C1CCC(=O)N1OC(=O)CCCc1ccnc(-c2cc(C)ccn2)c1. The lowest BCUT2D eigenvalue weighted by Crippen LogP contribution is -2.26. The third kappa shape index (κ3) is 4.33. The van der Waals surface area contributed by atoms with Gasteiger partial charge >= 0.3 is 5.97 Å². The minimum Gasteiger partial charge on any atom is -0.334 e. The number of carbonyl (C=O) groups is 2. The van der Waals surface area contributed by atoms with Gasteiger partial charge in [-0.25, -0.2) is 4.79 Å². The van der Waals surface area contributed by atoms with Crippen molar-refractivity contribution in [1.82, 2.24) is 15.0 Å². The summed E-state index contributed by atoms with van der Waals surface area (Å²) in [6.07, 6.45) is 5.97. The summed E-state index contributed by atoms with van der Waals surface area (Å²) < 4.78 is 0. The summed E-state index contributed by atoms with van der Waals surface area (Å²) in [5.41, 5.74) is 4.38. The van der Waals surface area contributed by atoms with Crippen LogP contribution in [-0.4, -0.2) is 26.9 Å². The quantitative estimate of drug-likeness (QED) is 0.798. The number of carbonyl (C=O) groups excluding carboxylic acids is 2. The molecule has 3 rings (SSSR count). The van der Waals surface area contributed by atoms with Crippen molar-refractivity contribution in [1.29, 1.82) is 0 Å². The number of pyridine rings is 2. The molecule has 3 heterocycles. The van der Waals surface area contributed by atoms with Crippen LogP contribution in [0.1, 0.15) is 36.8 Å². The molecular weight excluding hydrogens is 330 g/mol. The topological polar surface area (TPSA) is 72.4 Å². The van der Waals surface area contributed by atoms with Gasteiger partial charge in [-0.1, -0.05) is 6.58 Å². The summed E-state index contributed by atoms with van der Waals surface area (Å²) in [4.78, 5) is 37.3. The fourth-order valence-electron chi connectivity index (χ4n) is 2.78. The zero-order chi connectivity index (χ0) is 18.5. The molecule has 134 valence electrons. The van der Waals surface area contributed by atoms with Crippen molar-refractivity contribution in [2.24, 2.45) is 0 Å². The summed E-state index contributed by atoms with van der Waals surface area (Å²) in [6.45, 7) is 5.74. The van der Waals surface area contributed by atoms with Crippen LogP contribution in [0.3, 0.4) is 0 Å². The van der Waals surface area contributed by atoms with E-state index in [1.165, 1.54) is 0 Å². The average Bonchev–Trinajstić information content (AvgIpc) is 2.94. The highest BCUT2D eigenvalue weighted by atomic mass is 16.7. The number of aryl methyl sites for hydroxylation is 2. The first-order chi connectivity index (χ1) is 12.5. The van der Waals surface area contributed by atoms with Gasteiger partial charge < -0.3 is 4.84 Å². The second-order valence-corrected chi connectivity index (χ2v) is 6.34. The van der Waals surface area contributed by atoms with Crippen LogP contribution in [-0.2, 0) is 20.8 Å². The lowest BCUT2D eigenvalue weighted by molar-refractivity contribution is -0.186. The predicted octanol–water partition coefficient (Wildman–Crippen LogP) is 3.37. The Morgan fingerprint density at radius 3 is 2.62 bits per heavy atom. The standard InChI is InChI=1S/C20H21N3O3/c1-14-8-10-21-17(12-14)18-13-16(9-11-22-18)4-3-5-20(25)26-23-15(2)6-7-19(23)24/h8-13H,2-7H2,1H3. The van der Waals surface area contributed by atoms with E-state index >= 15 is 0 Å². The fourth-order valence-corrected chi connectivity index (χ4v) is 2.78. The molecule has 0 unspecified atom stereocenters. The van der Waals surface area contributed by atoms with Crippen LogP contribution in [0.15, 0.2) is 48.9 Å². The molecule has 1 fully saturated rings. The second-order valence-electron chi connectivity index (χ2n) is 6.34. The summed E-state index contributed by atoms with van der Waals surface area (Å²) in [5.74, 6) is -0.635. The molecular formula is C20H21N3O3. The minimum atomic E-state index is -0.420. The third-order valence-corrected chi connectivity index (χ3v) is 4.18. The number of rotatable bonds is 6. The molecule has 1 saturated heterocycles. The molecule has 0 atom stereocenters. The van der Waals surface area contributed by atoms with Crippen LogP contribution in [0.2, 0.25) is 0 Å². The molecule has 0 saturated carbocycles. The lowest BCUT2D eigenvalue weighted by atomic mass is 10.1. The predicted molar refractivity (Wildman–Crippen MR) is 96.5 cm³/mol. The molecule has 6 heteroatoms. The number of hydrogen-bond donors (Lipinski definition) is 0. The fraction of sp³-hybridized carbons (Fsp3) is 0.300. The van der Waals surface area contributed by atoms with E-state index in [0.29, 0.717) is 31.4 Å². The van der Waals surface area contributed by atoms with Crippen molar-refractivity contribution in [3.05, 3.63) is 60.1 Å². The van der Waals surface area contributed by atoms with Crippen LogP contribution in [0, 0.1) is 6.92 Å². The van der Waals surface area contributed by atoms with Crippen LogP contribution in [0.25, 0.3) is 11.4 Å². The van der Waals surface area contributed by atoms with Crippen LogP contribution >= 0.6 is 0 Å². The number of allylic oxidation sites excluding steroid dienone is 1. The van der Waals surface area contributed by atoms with Gasteiger partial charge in [0.2, 0.25) is 0 Å². The highest BCUT2D eigenvalue weighted by Crippen LogP contribution is 2.21.